The second-order valence-electron chi connectivity index (χ2n) is 4.76. The van der Waals surface area contributed by atoms with Crippen molar-refractivity contribution < 1.29 is 5.11 Å². The highest BCUT2D eigenvalue weighted by atomic mass is 16.3. The molecule has 0 aliphatic rings. The maximum Gasteiger partial charge on any atom is 0.0787 e. The minimum Gasteiger partial charge on any atom is -0.388 e. The first kappa shape index (κ1) is 13.8. The van der Waals surface area contributed by atoms with E-state index in [0.29, 0.717) is 0 Å². The lowest BCUT2D eigenvalue weighted by molar-refractivity contribution is 0.173. The minimum atomic E-state index is -0.372. The molecule has 3 nitrogen and oxygen atoms in total. The minimum absolute atomic E-state index is 0.372. The molecule has 0 amide bonds. The zero-order chi connectivity index (χ0) is 13.8. The molecule has 0 fully saturated rings. The molecule has 0 spiro atoms. The molecular formula is C16H22N2O. The molecule has 1 aromatic heterocycles. The molecule has 3 heteroatoms. The average molecular weight is 258 g/mol. The van der Waals surface area contributed by atoms with Crippen LogP contribution in [0.25, 0.3) is 5.69 Å². The molecule has 19 heavy (non-hydrogen) atoms. The molecule has 0 saturated carbocycles. The highest BCUT2D eigenvalue weighted by Crippen LogP contribution is 2.19. The van der Waals surface area contributed by atoms with E-state index in [0.717, 1.165) is 36.2 Å². The van der Waals surface area contributed by atoms with Crippen molar-refractivity contribution in [1.29, 1.82) is 0 Å². The fourth-order valence-corrected chi connectivity index (χ4v) is 2.20. The number of hydrogen-bond acceptors (Lipinski definition) is 2. The van der Waals surface area contributed by atoms with E-state index in [1.165, 1.54) is 5.69 Å². The smallest absolute Gasteiger partial charge is 0.0787 e. The number of aliphatic hydroxyl groups excluding tert-OH is 1. The fraction of sp³-hybridized carbons (Fsp3) is 0.438. The maximum absolute atomic E-state index is 9.81. The SMILES string of the molecule is CCc1cc(CC)n(-c2ccc([C@@H](O)CC)cc2)n1. The van der Waals surface area contributed by atoms with Gasteiger partial charge in [0, 0.05) is 5.69 Å². The van der Waals surface area contributed by atoms with Crippen LogP contribution in [-0.4, -0.2) is 14.9 Å². The average Bonchev–Trinajstić information content (AvgIpc) is 2.90. The van der Waals surface area contributed by atoms with E-state index in [-0.39, 0.29) is 6.10 Å². The van der Waals surface area contributed by atoms with E-state index in [1.807, 2.05) is 35.9 Å². The van der Waals surface area contributed by atoms with Crippen molar-refractivity contribution in [2.45, 2.75) is 46.1 Å². The lowest BCUT2D eigenvalue weighted by Crippen LogP contribution is -2.02. The number of aliphatic hydroxyl groups is 1. The molecule has 0 radical (unpaired) electrons. The van der Waals surface area contributed by atoms with Gasteiger partial charge < -0.3 is 5.11 Å². The third kappa shape index (κ3) is 2.87. The molecule has 0 aliphatic carbocycles. The standard InChI is InChI=1S/C16H22N2O/c1-4-13-11-14(5-2)18(17-13)15-9-7-12(8-10-15)16(19)6-3/h7-11,16,19H,4-6H2,1-3H3/t16-/m0/s1. The Labute approximate surface area is 114 Å². The molecule has 1 atom stereocenters. The normalized spacial score (nSPS) is 12.6. The Morgan fingerprint density at radius 3 is 2.32 bits per heavy atom. The predicted molar refractivity (Wildman–Crippen MR) is 77.6 cm³/mol. The van der Waals surface area contributed by atoms with Crippen molar-refractivity contribution in [3.05, 3.63) is 47.3 Å². The lowest BCUT2D eigenvalue weighted by Gasteiger charge is -2.10. The summed E-state index contributed by atoms with van der Waals surface area (Å²) in [6, 6.07) is 10.2. The summed E-state index contributed by atoms with van der Waals surface area (Å²) in [7, 11) is 0. The molecular weight excluding hydrogens is 236 g/mol. The van der Waals surface area contributed by atoms with Crippen molar-refractivity contribution in [2.24, 2.45) is 0 Å². The van der Waals surface area contributed by atoms with Crippen LogP contribution >= 0.6 is 0 Å². The maximum atomic E-state index is 9.81. The largest absolute Gasteiger partial charge is 0.388 e. The number of aryl methyl sites for hydroxylation is 2. The van der Waals surface area contributed by atoms with Crippen LogP contribution in [0.2, 0.25) is 0 Å². The summed E-state index contributed by atoms with van der Waals surface area (Å²) in [5.41, 5.74) is 4.37. The zero-order valence-corrected chi connectivity index (χ0v) is 11.9. The first-order valence-electron chi connectivity index (χ1n) is 7.05. The molecule has 1 N–H and O–H groups in total. The van der Waals surface area contributed by atoms with Gasteiger partial charge in [-0.15, -0.1) is 0 Å². The molecule has 1 heterocycles. The number of nitrogens with zero attached hydrogens (tertiary/aromatic N) is 2. The Morgan fingerprint density at radius 1 is 1.11 bits per heavy atom. The van der Waals surface area contributed by atoms with Crippen LogP contribution < -0.4 is 0 Å². The van der Waals surface area contributed by atoms with Crippen LogP contribution in [0.1, 0.15) is 50.2 Å². The zero-order valence-electron chi connectivity index (χ0n) is 11.9. The first-order valence-corrected chi connectivity index (χ1v) is 7.05. The highest BCUT2D eigenvalue weighted by Gasteiger charge is 2.09. The van der Waals surface area contributed by atoms with Crippen LogP contribution in [0.4, 0.5) is 0 Å². The number of aromatic nitrogens is 2. The van der Waals surface area contributed by atoms with Gasteiger partial charge in [0.2, 0.25) is 0 Å². The van der Waals surface area contributed by atoms with E-state index in [1.54, 1.807) is 0 Å². The predicted octanol–water partition coefficient (Wildman–Crippen LogP) is 3.44. The van der Waals surface area contributed by atoms with Gasteiger partial charge in [-0.1, -0.05) is 32.9 Å². The van der Waals surface area contributed by atoms with Gasteiger partial charge in [0.15, 0.2) is 0 Å². The second-order valence-corrected chi connectivity index (χ2v) is 4.76. The molecule has 2 rings (SSSR count). The summed E-state index contributed by atoms with van der Waals surface area (Å²) < 4.78 is 2.00. The topological polar surface area (TPSA) is 38.0 Å². The van der Waals surface area contributed by atoms with Crippen LogP contribution in [0.3, 0.4) is 0 Å². The molecule has 0 unspecified atom stereocenters. The first-order chi connectivity index (χ1) is 9.19. The van der Waals surface area contributed by atoms with Gasteiger partial charge in [0.05, 0.1) is 17.5 Å². The third-order valence-electron chi connectivity index (χ3n) is 3.47. The molecule has 2 aromatic rings. The van der Waals surface area contributed by atoms with Gasteiger partial charge >= 0.3 is 0 Å². The van der Waals surface area contributed by atoms with E-state index >= 15 is 0 Å². The van der Waals surface area contributed by atoms with Gasteiger partial charge in [-0.25, -0.2) is 4.68 Å². The molecule has 102 valence electrons. The van der Waals surface area contributed by atoms with Crippen molar-refractivity contribution in [3.63, 3.8) is 0 Å². The van der Waals surface area contributed by atoms with Gasteiger partial charge in [0.25, 0.3) is 0 Å². The van der Waals surface area contributed by atoms with Crippen LogP contribution in [0.15, 0.2) is 30.3 Å². The third-order valence-corrected chi connectivity index (χ3v) is 3.47. The Hall–Kier alpha value is -1.61. The van der Waals surface area contributed by atoms with Crippen LogP contribution in [0, 0.1) is 0 Å². The highest BCUT2D eigenvalue weighted by molar-refractivity contribution is 5.37. The summed E-state index contributed by atoms with van der Waals surface area (Å²) in [4.78, 5) is 0. The summed E-state index contributed by atoms with van der Waals surface area (Å²) >= 11 is 0. The Morgan fingerprint density at radius 2 is 1.79 bits per heavy atom. The summed E-state index contributed by atoms with van der Waals surface area (Å²) in [6.45, 7) is 6.24. The number of rotatable bonds is 5. The van der Waals surface area contributed by atoms with Crippen LogP contribution in [-0.2, 0) is 12.8 Å². The summed E-state index contributed by atoms with van der Waals surface area (Å²) in [6.07, 6.45) is 2.28. The van der Waals surface area contributed by atoms with Crippen molar-refractivity contribution in [2.75, 3.05) is 0 Å². The van der Waals surface area contributed by atoms with Gasteiger partial charge in [-0.2, -0.15) is 5.10 Å². The molecule has 0 saturated heterocycles. The summed E-state index contributed by atoms with van der Waals surface area (Å²) in [5.74, 6) is 0. The van der Waals surface area contributed by atoms with Gasteiger partial charge in [-0.3, -0.25) is 0 Å². The number of benzene rings is 1. The molecule has 0 bridgehead atoms. The molecule has 0 aliphatic heterocycles. The Kier molecular flexibility index (Phi) is 4.38. The van der Waals surface area contributed by atoms with Crippen molar-refractivity contribution in [3.8, 4) is 5.69 Å². The second kappa shape index (κ2) is 6.02. The Bertz CT molecular complexity index is 528. The van der Waals surface area contributed by atoms with Crippen molar-refractivity contribution in [1.82, 2.24) is 9.78 Å². The van der Waals surface area contributed by atoms with Gasteiger partial charge in [0.1, 0.15) is 0 Å². The van der Waals surface area contributed by atoms with E-state index in [9.17, 15) is 5.11 Å². The van der Waals surface area contributed by atoms with Crippen LogP contribution in [0.5, 0.6) is 0 Å². The van der Waals surface area contributed by atoms with E-state index < -0.39 is 0 Å². The lowest BCUT2D eigenvalue weighted by atomic mass is 10.1. The van der Waals surface area contributed by atoms with Gasteiger partial charge in [-0.05, 0) is 43.0 Å². The quantitative estimate of drug-likeness (QED) is 0.892. The van der Waals surface area contributed by atoms with E-state index in [4.69, 9.17) is 0 Å². The monoisotopic (exact) mass is 258 g/mol. The van der Waals surface area contributed by atoms with E-state index in [2.05, 4.69) is 25.0 Å². The van der Waals surface area contributed by atoms with Crippen molar-refractivity contribution >= 4 is 0 Å². The number of hydrogen-bond donors (Lipinski definition) is 1. The fourth-order valence-electron chi connectivity index (χ4n) is 2.20. The summed E-state index contributed by atoms with van der Waals surface area (Å²) in [5, 5.41) is 14.4. The Balaban J connectivity index is 2.34. The molecule has 1 aromatic carbocycles.